The Morgan fingerprint density at radius 3 is 2.65 bits per heavy atom. The number of halogens is 1. The van der Waals surface area contributed by atoms with Gasteiger partial charge in [0, 0.05) is 11.8 Å². The monoisotopic (exact) mass is 360 g/mol. The molecule has 2 heterocycles. The van der Waals surface area contributed by atoms with E-state index in [0.717, 1.165) is 5.69 Å². The third-order valence-electron chi connectivity index (χ3n) is 2.62. The van der Waals surface area contributed by atoms with Crippen LogP contribution in [-0.4, -0.2) is 18.5 Å². The molecule has 0 spiro atoms. The van der Waals surface area contributed by atoms with Crippen LogP contribution in [0, 0.1) is 13.8 Å². The fraction of sp³-hybridized carbons (Fsp3) is 0.250. The van der Waals surface area contributed by atoms with Crippen molar-refractivity contribution in [3.63, 3.8) is 0 Å². The lowest BCUT2D eigenvalue weighted by Crippen LogP contribution is -2.14. The van der Waals surface area contributed by atoms with Crippen molar-refractivity contribution in [1.82, 2.24) is 4.98 Å². The SMILES string of the molecule is Cc1ccc(NS(=O)(=O)c2cc(CO)oc2Br)c(C)n1. The van der Waals surface area contributed by atoms with E-state index in [0.29, 0.717) is 11.4 Å². The maximum atomic E-state index is 12.3. The Bertz CT molecular complexity index is 740. The van der Waals surface area contributed by atoms with Gasteiger partial charge < -0.3 is 9.52 Å². The van der Waals surface area contributed by atoms with Crippen LogP contribution < -0.4 is 4.72 Å². The molecule has 20 heavy (non-hydrogen) atoms. The van der Waals surface area contributed by atoms with E-state index in [4.69, 9.17) is 9.52 Å². The molecule has 0 aromatic carbocycles. The van der Waals surface area contributed by atoms with Gasteiger partial charge in [-0.05, 0) is 41.9 Å². The highest BCUT2D eigenvalue weighted by Crippen LogP contribution is 2.28. The second-order valence-electron chi connectivity index (χ2n) is 4.20. The third-order valence-corrected chi connectivity index (χ3v) is 4.84. The van der Waals surface area contributed by atoms with Crippen molar-refractivity contribution in [3.05, 3.63) is 40.0 Å². The topological polar surface area (TPSA) is 92.4 Å². The summed E-state index contributed by atoms with van der Waals surface area (Å²) >= 11 is 3.02. The Morgan fingerprint density at radius 2 is 2.10 bits per heavy atom. The summed E-state index contributed by atoms with van der Waals surface area (Å²) in [4.78, 5) is 4.13. The van der Waals surface area contributed by atoms with Crippen LogP contribution in [0.1, 0.15) is 17.1 Å². The number of hydrogen-bond acceptors (Lipinski definition) is 5. The number of hydrogen-bond donors (Lipinski definition) is 2. The molecule has 6 nitrogen and oxygen atoms in total. The fourth-order valence-corrected chi connectivity index (χ4v) is 3.77. The van der Waals surface area contributed by atoms with Gasteiger partial charge >= 0.3 is 0 Å². The first-order valence-electron chi connectivity index (χ1n) is 5.69. The fourth-order valence-electron chi connectivity index (χ4n) is 1.65. The summed E-state index contributed by atoms with van der Waals surface area (Å²) in [7, 11) is -3.81. The van der Waals surface area contributed by atoms with Crippen molar-refractivity contribution < 1.29 is 17.9 Å². The van der Waals surface area contributed by atoms with Gasteiger partial charge in [-0.25, -0.2) is 8.42 Å². The number of aromatic nitrogens is 1. The quantitative estimate of drug-likeness (QED) is 0.872. The highest BCUT2D eigenvalue weighted by atomic mass is 79.9. The molecule has 0 bridgehead atoms. The molecule has 2 N–H and O–H groups in total. The molecule has 0 atom stereocenters. The lowest BCUT2D eigenvalue weighted by Gasteiger charge is -2.09. The number of nitrogens with one attached hydrogen (secondary N) is 1. The minimum Gasteiger partial charge on any atom is -0.450 e. The zero-order valence-corrected chi connectivity index (χ0v) is 13.2. The molecule has 0 aliphatic rings. The number of anilines is 1. The van der Waals surface area contributed by atoms with E-state index in [1.54, 1.807) is 19.1 Å². The summed E-state index contributed by atoms with van der Waals surface area (Å²) in [6.07, 6.45) is 0. The van der Waals surface area contributed by atoms with E-state index in [-0.39, 0.29) is 21.9 Å². The van der Waals surface area contributed by atoms with Crippen LogP contribution in [0.25, 0.3) is 0 Å². The predicted molar refractivity (Wildman–Crippen MR) is 76.9 cm³/mol. The number of sulfonamides is 1. The Labute approximate surface area is 125 Å². The first-order chi connectivity index (χ1) is 9.33. The van der Waals surface area contributed by atoms with Crippen molar-refractivity contribution in [2.75, 3.05) is 4.72 Å². The third kappa shape index (κ3) is 3.02. The van der Waals surface area contributed by atoms with E-state index in [9.17, 15) is 8.42 Å². The van der Waals surface area contributed by atoms with E-state index in [1.165, 1.54) is 6.07 Å². The Hall–Kier alpha value is -1.38. The molecule has 108 valence electrons. The van der Waals surface area contributed by atoms with Crippen molar-refractivity contribution >= 4 is 31.6 Å². The average Bonchev–Trinajstić information content (AvgIpc) is 2.75. The lowest BCUT2D eigenvalue weighted by molar-refractivity contribution is 0.245. The van der Waals surface area contributed by atoms with Crippen LogP contribution in [-0.2, 0) is 16.6 Å². The predicted octanol–water partition coefficient (Wildman–Crippen LogP) is 2.35. The molecule has 0 radical (unpaired) electrons. The summed E-state index contributed by atoms with van der Waals surface area (Å²) in [5, 5.41) is 8.97. The zero-order valence-electron chi connectivity index (χ0n) is 10.8. The van der Waals surface area contributed by atoms with Crippen molar-refractivity contribution in [1.29, 1.82) is 0 Å². The molecule has 0 unspecified atom stereocenters. The number of rotatable bonds is 4. The van der Waals surface area contributed by atoms with Crippen LogP contribution in [0.5, 0.6) is 0 Å². The first kappa shape index (κ1) is 15.0. The van der Waals surface area contributed by atoms with Gasteiger partial charge in [-0.1, -0.05) is 0 Å². The van der Waals surface area contributed by atoms with Gasteiger partial charge in [0.25, 0.3) is 10.0 Å². The molecule has 2 aromatic rings. The smallest absolute Gasteiger partial charge is 0.266 e. The van der Waals surface area contributed by atoms with E-state index >= 15 is 0 Å². The van der Waals surface area contributed by atoms with E-state index in [1.807, 2.05) is 6.92 Å². The normalized spacial score (nSPS) is 11.6. The van der Waals surface area contributed by atoms with E-state index < -0.39 is 10.0 Å². The van der Waals surface area contributed by atoms with Gasteiger partial charge in [0.1, 0.15) is 17.3 Å². The molecule has 8 heteroatoms. The zero-order chi connectivity index (χ0) is 14.9. The first-order valence-corrected chi connectivity index (χ1v) is 7.97. The van der Waals surface area contributed by atoms with Gasteiger partial charge in [-0.3, -0.25) is 9.71 Å². The lowest BCUT2D eigenvalue weighted by atomic mass is 10.3. The highest BCUT2D eigenvalue weighted by molar-refractivity contribution is 9.10. The van der Waals surface area contributed by atoms with Gasteiger partial charge in [-0.15, -0.1) is 0 Å². The second kappa shape index (κ2) is 5.55. The minimum absolute atomic E-state index is 0.0479. The number of nitrogens with zero attached hydrogens (tertiary/aromatic N) is 1. The van der Waals surface area contributed by atoms with Crippen molar-refractivity contribution in [3.8, 4) is 0 Å². The minimum atomic E-state index is -3.81. The van der Waals surface area contributed by atoms with Gasteiger partial charge in [0.05, 0.1) is 11.4 Å². The maximum Gasteiger partial charge on any atom is 0.266 e. The van der Waals surface area contributed by atoms with Crippen LogP contribution in [0.15, 0.2) is 32.2 Å². The van der Waals surface area contributed by atoms with Crippen molar-refractivity contribution in [2.45, 2.75) is 25.3 Å². The standard InChI is InChI=1S/C12H13BrN2O4S/c1-7-3-4-10(8(2)14-7)15-20(17,18)11-5-9(6-16)19-12(11)13/h3-5,15-16H,6H2,1-2H3. The number of aryl methyl sites for hydroxylation is 2. The summed E-state index contributed by atoms with van der Waals surface area (Å²) in [6.45, 7) is 3.17. The second-order valence-corrected chi connectivity index (χ2v) is 6.57. The Morgan fingerprint density at radius 1 is 1.40 bits per heavy atom. The van der Waals surface area contributed by atoms with E-state index in [2.05, 4.69) is 25.6 Å². The van der Waals surface area contributed by atoms with Crippen LogP contribution >= 0.6 is 15.9 Å². The number of aliphatic hydroxyl groups is 1. The number of furan rings is 1. The molecule has 2 aromatic heterocycles. The summed E-state index contributed by atoms with van der Waals surface area (Å²) < 4.78 is 32.1. The number of aliphatic hydroxyl groups excluding tert-OH is 1. The molecule has 0 aliphatic carbocycles. The summed E-state index contributed by atoms with van der Waals surface area (Å²) in [5.74, 6) is 0.163. The molecule has 0 amide bonds. The highest BCUT2D eigenvalue weighted by Gasteiger charge is 2.23. The molecular weight excluding hydrogens is 348 g/mol. The van der Waals surface area contributed by atoms with Crippen molar-refractivity contribution in [2.24, 2.45) is 0 Å². The molecular formula is C12H13BrN2O4S. The summed E-state index contributed by atoms with van der Waals surface area (Å²) in [6, 6.07) is 4.63. The molecule has 0 aliphatic heterocycles. The molecule has 0 fully saturated rings. The van der Waals surface area contributed by atoms with Gasteiger partial charge in [0.2, 0.25) is 0 Å². The Balaban J connectivity index is 2.38. The summed E-state index contributed by atoms with van der Waals surface area (Å²) in [5.41, 5.74) is 1.78. The molecule has 0 saturated carbocycles. The van der Waals surface area contributed by atoms with Crippen LogP contribution in [0.2, 0.25) is 0 Å². The maximum absolute atomic E-state index is 12.3. The number of pyridine rings is 1. The van der Waals surface area contributed by atoms with Gasteiger partial charge in [-0.2, -0.15) is 0 Å². The Kier molecular flexibility index (Phi) is 4.17. The van der Waals surface area contributed by atoms with Crippen LogP contribution in [0.3, 0.4) is 0 Å². The largest absolute Gasteiger partial charge is 0.450 e. The average molecular weight is 361 g/mol. The molecule has 0 saturated heterocycles. The molecule has 2 rings (SSSR count). The van der Waals surface area contributed by atoms with Crippen LogP contribution in [0.4, 0.5) is 5.69 Å². The van der Waals surface area contributed by atoms with Gasteiger partial charge in [0.15, 0.2) is 4.67 Å².